The smallest absolute Gasteiger partial charge is 0.338 e. The van der Waals surface area contributed by atoms with Gasteiger partial charge in [0.1, 0.15) is 6.54 Å². The van der Waals surface area contributed by atoms with Crippen LogP contribution < -0.4 is 16.6 Å². The average Bonchev–Trinajstić information content (AvgIpc) is 2.83. The molecular weight excluding hydrogens is 436 g/mol. The standard InChI is InChI=1S/C25H22N4O5/c1-15-9-7-8-12-19(15)27-20(30)14-28-23(31)21-18(24(32)34-3)13-16(2)26-22(21)29(25(28)33)17-10-5-4-6-11-17/h4-13H,14H2,1-3H3,(H,27,30). The molecule has 0 saturated heterocycles. The number of hydrogen-bond donors (Lipinski definition) is 1. The number of carbonyl (C=O) groups excluding carboxylic acids is 2. The molecule has 0 saturated carbocycles. The van der Waals surface area contributed by atoms with Gasteiger partial charge >= 0.3 is 11.7 Å². The summed E-state index contributed by atoms with van der Waals surface area (Å²) in [5, 5.41) is 2.62. The van der Waals surface area contributed by atoms with Gasteiger partial charge in [0.2, 0.25) is 5.91 Å². The maximum atomic E-state index is 13.5. The van der Waals surface area contributed by atoms with Gasteiger partial charge in [0.15, 0.2) is 5.65 Å². The Morgan fingerprint density at radius 3 is 2.35 bits per heavy atom. The van der Waals surface area contributed by atoms with E-state index >= 15 is 0 Å². The number of anilines is 1. The minimum Gasteiger partial charge on any atom is -0.465 e. The number of ether oxygens (including phenoxy) is 1. The molecule has 0 aliphatic rings. The first-order valence-electron chi connectivity index (χ1n) is 10.5. The van der Waals surface area contributed by atoms with Gasteiger partial charge in [-0.1, -0.05) is 36.4 Å². The second-order valence-electron chi connectivity index (χ2n) is 7.71. The summed E-state index contributed by atoms with van der Waals surface area (Å²) < 4.78 is 6.88. The number of nitrogens with one attached hydrogen (secondary N) is 1. The van der Waals surface area contributed by atoms with Crippen molar-refractivity contribution in [3.8, 4) is 5.69 Å². The Bertz CT molecular complexity index is 1540. The third-order valence-electron chi connectivity index (χ3n) is 5.36. The molecule has 9 heteroatoms. The molecule has 1 N–H and O–H groups in total. The number of amides is 1. The summed E-state index contributed by atoms with van der Waals surface area (Å²) in [6.07, 6.45) is 0. The predicted molar refractivity (Wildman–Crippen MR) is 127 cm³/mol. The van der Waals surface area contributed by atoms with E-state index < -0.39 is 29.7 Å². The number of fused-ring (bicyclic) bond motifs is 1. The van der Waals surface area contributed by atoms with E-state index in [9.17, 15) is 19.2 Å². The highest BCUT2D eigenvalue weighted by Crippen LogP contribution is 2.18. The molecule has 9 nitrogen and oxygen atoms in total. The summed E-state index contributed by atoms with van der Waals surface area (Å²) in [6.45, 7) is 2.92. The van der Waals surface area contributed by atoms with E-state index in [4.69, 9.17) is 4.74 Å². The van der Waals surface area contributed by atoms with Crippen LogP contribution in [0.3, 0.4) is 0 Å². The minimum absolute atomic E-state index is 0.0113. The maximum absolute atomic E-state index is 13.5. The number of hydrogen-bond acceptors (Lipinski definition) is 6. The van der Waals surface area contributed by atoms with Crippen molar-refractivity contribution in [1.82, 2.24) is 14.1 Å². The summed E-state index contributed by atoms with van der Waals surface area (Å²) in [5.41, 5.74) is 0.668. The second-order valence-corrected chi connectivity index (χ2v) is 7.71. The third-order valence-corrected chi connectivity index (χ3v) is 5.36. The number of aromatic nitrogens is 3. The fourth-order valence-corrected chi connectivity index (χ4v) is 3.73. The summed E-state index contributed by atoms with van der Waals surface area (Å²) in [5.74, 6) is -1.31. The Balaban J connectivity index is 1.97. The van der Waals surface area contributed by atoms with Gasteiger partial charge < -0.3 is 10.1 Å². The Morgan fingerprint density at radius 1 is 1.00 bits per heavy atom. The van der Waals surface area contributed by atoms with Gasteiger partial charge in [-0.2, -0.15) is 0 Å². The number of nitrogens with zero attached hydrogens (tertiary/aromatic N) is 3. The molecule has 2 heterocycles. The van der Waals surface area contributed by atoms with Crippen molar-refractivity contribution in [1.29, 1.82) is 0 Å². The van der Waals surface area contributed by atoms with Crippen molar-refractivity contribution in [2.45, 2.75) is 20.4 Å². The first kappa shape index (κ1) is 22.7. The van der Waals surface area contributed by atoms with Crippen LogP contribution in [-0.2, 0) is 16.1 Å². The van der Waals surface area contributed by atoms with Crippen LogP contribution in [0.25, 0.3) is 16.7 Å². The van der Waals surface area contributed by atoms with Gasteiger partial charge in [-0.25, -0.2) is 23.7 Å². The molecule has 2 aromatic heterocycles. The van der Waals surface area contributed by atoms with E-state index in [1.165, 1.54) is 17.7 Å². The van der Waals surface area contributed by atoms with E-state index in [0.29, 0.717) is 17.1 Å². The molecule has 2 aromatic carbocycles. The number of para-hydroxylation sites is 2. The molecule has 0 unspecified atom stereocenters. The van der Waals surface area contributed by atoms with Crippen molar-refractivity contribution in [2.24, 2.45) is 0 Å². The Hall–Kier alpha value is -4.53. The van der Waals surface area contributed by atoms with Crippen molar-refractivity contribution >= 4 is 28.6 Å². The van der Waals surface area contributed by atoms with E-state index in [0.717, 1.165) is 10.1 Å². The molecule has 4 rings (SSSR count). The van der Waals surface area contributed by atoms with Gasteiger partial charge in [-0.15, -0.1) is 0 Å². The lowest BCUT2D eigenvalue weighted by Crippen LogP contribution is -2.43. The lowest BCUT2D eigenvalue weighted by Gasteiger charge is -2.16. The van der Waals surface area contributed by atoms with Crippen molar-refractivity contribution < 1.29 is 14.3 Å². The van der Waals surface area contributed by atoms with Crippen molar-refractivity contribution in [3.05, 3.63) is 98.3 Å². The first-order chi connectivity index (χ1) is 16.3. The largest absolute Gasteiger partial charge is 0.465 e. The molecule has 34 heavy (non-hydrogen) atoms. The van der Waals surface area contributed by atoms with Gasteiger partial charge in [0.25, 0.3) is 5.56 Å². The molecule has 0 aliphatic carbocycles. The van der Waals surface area contributed by atoms with Gasteiger partial charge in [0.05, 0.1) is 23.7 Å². The molecule has 1 amide bonds. The zero-order chi connectivity index (χ0) is 24.4. The molecule has 0 bridgehead atoms. The molecule has 0 fully saturated rings. The summed E-state index contributed by atoms with van der Waals surface area (Å²) in [7, 11) is 1.20. The van der Waals surface area contributed by atoms with Crippen molar-refractivity contribution in [3.63, 3.8) is 0 Å². The Morgan fingerprint density at radius 2 is 1.68 bits per heavy atom. The van der Waals surface area contributed by atoms with Gasteiger partial charge in [0, 0.05) is 11.4 Å². The monoisotopic (exact) mass is 458 g/mol. The zero-order valence-electron chi connectivity index (χ0n) is 18.9. The van der Waals surface area contributed by atoms with Crippen LogP contribution >= 0.6 is 0 Å². The number of esters is 1. The van der Waals surface area contributed by atoms with Crippen LogP contribution in [-0.4, -0.2) is 33.1 Å². The normalized spacial score (nSPS) is 10.8. The lowest BCUT2D eigenvalue weighted by atomic mass is 10.1. The number of carbonyl (C=O) groups is 2. The van der Waals surface area contributed by atoms with E-state index in [-0.39, 0.29) is 16.6 Å². The quantitative estimate of drug-likeness (QED) is 0.460. The molecule has 0 aliphatic heterocycles. The van der Waals surface area contributed by atoms with Crippen LogP contribution in [0.15, 0.2) is 70.3 Å². The number of pyridine rings is 1. The van der Waals surface area contributed by atoms with Gasteiger partial charge in [-0.3, -0.25) is 9.59 Å². The SMILES string of the molecule is COC(=O)c1cc(C)nc2c1c(=O)n(CC(=O)Nc1ccccc1C)c(=O)n2-c1ccccc1. The van der Waals surface area contributed by atoms with Crippen LogP contribution in [0.1, 0.15) is 21.6 Å². The predicted octanol–water partition coefficient (Wildman–Crippen LogP) is 2.59. The second kappa shape index (κ2) is 9.14. The number of aryl methyl sites for hydroxylation is 2. The minimum atomic E-state index is -0.806. The summed E-state index contributed by atoms with van der Waals surface area (Å²) in [4.78, 5) is 56.7. The average molecular weight is 458 g/mol. The zero-order valence-corrected chi connectivity index (χ0v) is 18.9. The Kier molecular flexibility index (Phi) is 6.09. The van der Waals surface area contributed by atoms with E-state index in [1.807, 2.05) is 19.1 Å². The van der Waals surface area contributed by atoms with Crippen molar-refractivity contribution in [2.75, 3.05) is 12.4 Å². The summed E-state index contributed by atoms with van der Waals surface area (Å²) >= 11 is 0. The molecule has 172 valence electrons. The topological polar surface area (TPSA) is 112 Å². The molecular formula is C25H22N4O5. The number of methoxy groups -OCH3 is 1. The molecule has 4 aromatic rings. The lowest BCUT2D eigenvalue weighted by molar-refractivity contribution is -0.116. The maximum Gasteiger partial charge on any atom is 0.338 e. The molecule has 0 spiro atoms. The summed E-state index contributed by atoms with van der Waals surface area (Å²) in [6, 6.07) is 17.2. The Labute approximate surface area is 194 Å². The molecule has 0 atom stereocenters. The van der Waals surface area contributed by atoms with Gasteiger partial charge in [-0.05, 0) is 43.7 Å². The highest BCUT2D eigenvalue weighted by molar-refractivity contribution is 6.02. The third kappa shape index (κ3) is 4.11. The fourth-order valence-electron chi connectivity index (χ4n) is 3.73. The van der Waals surface area contributed by atoms with Crippen LogP contribution in [0.2, 0.25) is 0 Å². The number of rotatable bonds is 5. The van der Waals surface area contributed by atoms with Crippen LogP contribution in [0.5, 0.6) is 0 Å². The van der Waals surface area contributed by atoms with Crippen LogP contribution in [0, 0.1) is 13.8 Å². The fraction of sp³-hybridized carbons (Fsp3) is 0.160. The van der Waals surface area contributed by atoms with Crippen LogP contribution in [0.4, 0.5) is 5.69 Å². The van der Waals surface area contributed by atoms with E-state index in [1.54, 1.807) is 49.4 Å². The first-order valence-corrected chi connectivity index (χ1v) is 10.5. The molecule has 0 radical (unpaired) electrons. The highest BCUT2D eigenvalue weighted by atomic mass is 16.5. The van der Waals surface area contributed by atoms with E-state index in [2.05, 4.69) is 10.3 Å². The number of benzene rings is 2. The highest BCUT2D eigenvalue weighted by Gasteiger charge is 2.23.